The van der Waals surface area contributed by atoms with Gasteiger partial charge >= 0.3 is 0 Å². The van der Waals surface area contributed by atoms with E-state index in [4.69, 9.17) is 0 Å². The molecule has 0 saturated heterocycles. The third-order valence-electron chi connectivity index (χ3n) is 3.43. The minimum atomic E-state index is -0.450. The van der Waals surface area contributed by atoms with Crippen molar-refractivity contribution in [2.45, 2.75) is 6.04 Å². The number of amides is 1. The van der Waals surface area contributed by atoms with Crippen LogP contribution in [0.1, 0.15) is 27.5 Å². The summed E-state index contributed by atoms with van der Waals surface area (Å²) in [6.07, 6.45) is 3.48. The molecule has 5 nitrogen and oxygen atoms in total. The van der Waals surface area contributed by atoms with E-state index in [-0.39, 0.29) is 11.6 Å². The molecule has 0 bridgehead atoms. The van der Waals surface area contributed by atoms with Gasteiger partial charge in [-0.25, -0.2) is 4.98 Å². The second kappa shape index (κ2) is 6.70. The van der Waals surface area contributed by atoms with Gasteiger partial charge in [0, 0.05) is 6.20 Å². The molecule has 0 saturated carbocycles. The Labute approximate surface area is 133 Å². The number of carbonyl (C=O) groups excluding carboxylic acids is 1. The van der Waals surface area contributed by atoms with E-state index in [1.165, 1.54) is 6.20 Å². The predicted octanol–water partition coefficient (Wildman–Crippen LogP) is 2.50. The molecule has 3 rings (SSSR count). The summed E-state index contributed by atoms with van der Waals surface area (Å²) in [5.41, 5.74) is 1.89. The molecule has 1 aromatic heterocycles. The Morgan fingerprint density at radius 2 is 1.57 bits per heavy atom. The van der Waals surface area contributed by atoms with Crippen LogP contribution in [0.2, 0.25) is 0 Å². The van der Waals surface area contributed by atoms with Crippen LogP contribution < -0.4 is 5.32 Å². The Bertz CT molecular complexity index is 752. The van der Waals surface area contributed by atoms with E-state index >= 15 is 0 Å². The SMILES string of the molecule is O=C(NC(c1ccccc1)c1ccccc1)c1cn[c]nc1O. The van der Waals surface area contributed by atoms with E-state index in [1.54, 1.807) is 0 Å². The molecule has 0 spiro atoms. The van der Waals surface area contributed by atoms with E-state index in [1.807, 2.05) is 60.7 Å². The summed E-state index contributed by atoms with van der Waals surface area (Å²) in [5.74, 6) is -0.841. The fourth-order valence-corrected chi connectivity index (χ4v) is 2.31. The summed E-state index contributed by atoms with van der Waals surface area (Å²) in [4.78, 5) is 19.6. The summed E-state index contributed by atoms with van der Waals surface area (Å²) in [6.45, 7) is 0. The normalized spacial score (nSPS) is 10.5. The number of nitrogens with one attached hydrogen (secondary N) is 1. The first-order chi connectivity index (χ1) is 11.3. The Kier molecular flexibility index (Phi) is 4.29. The van der Waals surface area contributed by atoms with Crippen LogP contribution in [0, 0.1) is 6.33 Å². The first-order valence-corrected chi connectivity index (χ1v) is 7.08. The smallest absolute Gasteiger partial charge is 0.259 e. The number of aromatic nitrogens is 2. The summed E-state index contributed by atoms with van der Waals surface area (Å²) >= 11 is 0. The predicted molar refractivity (Wildman–Crippen MR) is 84.7 cm³/mol. The van der Waals surface area contributed by atoms with E-state index in [9.17, 15) is 9.90 Å². The molecule has 0 aliphatic rings. The van der Waals surface area contributed by atoms with Crippen LogP contribution in [0.25, 0.3) is 0 Å². The molecule has 23 heavy (non-hydrogen) atoms. The van der Waals surface area contributed by atoms with Crippen molar-refractivity contribution in [3.63, 3.8) is 0 Å². The van der Waals surface area contributed by atoms with Gasteiger partial charge in [-0.15, -0.1) is 0 Å². The first kappa shape index (κ1) is 14.7. The van der Waals surface area contributed by atoms with Gasteiger partial charge < -0.3 is 10.4 Å². The third-order valence-corrected chi connectivity index (χ3v) is 3.43. The van der Waals surface area contributed by atoms with Gasteiger partial charge in [0.2, 0.25) is 12.2 Å². The summed E-state index contributed by atoms with van der Waals surface area (Å²) in [5, 5.41) is 12.6. The largest absolute Gasteiger partial charge is 0.493 e. The number of hydrogen-bond acceptors (Lipinski definition) is 4. The van der Waals surface area contributed by atoms with Crippen molar-refractivity contribution < 1.29 is 9.90 Å². The van der Waals surface area contributed by atoms with Gasteiger partial charge in [0.1, 0.15) is 5.56 Å². The monoisotopic (exact) mass is 304 g/mol. The maximum Gasteiger partial charge on any atom is 0.259 e. The van der Waals surface area contributed by atoms with Crippen molar-refractivity contribution in [2.24, 2.45) is 0 Å². The van der Waals surface area contributed by atoms with Gasteiger partial charge in [0.05, 0.1) is 6.04 Å². The molecule has 0 atom stereocenters. The average molecular weight is 304 g/mol. The maximum absolute atomic E-state index is 12.5. The zero-order valence-corrected chi connectivity index (χ0v) is 12.2. The molecule has 5 heteroatoms. The summed E-state index contributed by atoms with van der Waals surface area (Å²) < 4.78 is 0. The molecule has 2 aromatic carbocycles. The number of aromatic hydroxyl groups is 1. The zero-order chi connectivity index (χ0) is 16.1. The zero-order valence-electron chi connectivity index (χ0n) is 12.2. The average Bonchev–Trinajstić information content (AvgIpc) is 2.61. The van der Waals surface area contributed by atoms with Crippen LogP contribution in [0.4, 0.5) is 0 Å². The topological polar surface area (TPSA) is 75.1 Å². The van der Waals surface area contributed by atoms with Gasteiger partial charge in [-0.2, -0.15) is 4.98 Å². The lowest BCUT2D eigenvalue weighted by Crippen LogP contribution is -2.29. The molecule has 0 fully saturated rings. The highest BCUT2D eigenvalue weighted by atomic mass is 16.3. The Balaban J connectivity index is 1.94. The number of rotatable bonds is 4. The Morgan fingerprint density at radius 3 is 2.09 bits per heavy atom. The van der Waals surface area contributed by atoms with E-state index in [2.05, 4.69) is 21.6 Å². The van der Waals surface area contributed by atoms with Crippen LogP contribution in [0.15, 0.2) is 66.9 Å². The molecule has 0 aliphatic heterocycles. The standard InChI is InChI=1S/C18H14N3O2/c22-17-15(11-19-12-20-17)18(23)21-16(13-7-3-1-4-8-13)14-9-5-2-6-10-14/h1-11,16H,(H,21,23)(H,19,20,22). The van der Waals surface area contributed by atoms with Gasteiger partial charge in [0.25, 0.3) is 5.91 Å². The van der Waals surface area contributed by atoms with Crippen LogP contribution in [0.3, 0.4) is 0 Å². The Morgan fingerprint density at radius 1 is 1.00 bits per heavy atom. The molecular weight excluding hydrogens is 290 g/mol. The minimum absolute atomic E-state index is 0.0145. The van der Waals surface area contributed by atoms with E-state index < -0.39 is 11.8 Å². The highest BCUT2D eigenvalue weighted by Crippen LogP contribution is 2.23. The molecule has 0 aliphatic carbocycles. The lowest BCUT2D eigenvalue weighted by atomic mass is 9.98. The van der Waals surface area contributed by atoms with Crippen molar-refractivity contribution >= 4 is 5.91 Å². The van der Waals surface area contributed by atoms with Crippen LogP contribution in [-0.4, -0.2) is 21.0 Å². The lowest BCUT2D eigenvalue weighted by molar-refractivity contribution is 0.0939. The van der Waals surface area contributed by atoms with Crippen LogP contribution in [-0.2, 0) is 0 Å². The number of hydrogen-bond donors (Lipinski definition) is 2. The van der Waals surface area contributed by atoms with Gasteiger partial charge in [-0.05, 0) is 11.1 Å². The van der Waals surface area contributed by atoms with Crippen LogP contribution >= 0.6 is 0 Å². The number of carbonyl (C=O) groups is 1. The molecule has 0 unspecified atom stereocenters. The van der Waals surface area contributed by atoms with Crippen molar-refractivity contribution in [3.8, 4) is 5.88 Å². The summed E-state index contributed by atoms with van der Waals surface area (Å²) in [7, 11) is 0. The molecule has 1 heterocycles. The molecule has 1 radical (unpaired) electrons. The number of nitrogens with zero attached hydrogens (tertiary/aromatic N) is 2. The van der Waals surface area contributed by atoms with Crippen molar-refractivity contribution in [2.75, 3.05) is 0 Å². The second-order valence-electron chi connectivity index (χ2n) is 4.94. The van der Waals surface area contributed by atoms with E-state index in [0.29, 0.717) is 0 Å². The molecule has 113 valence electrons. The molecule has 1 amide bonds. The summed E-state index contributed by atoms with van der Waals surface area (Å²) in [6, 6.07) is 18.9. The van der Waals surface area contributed by atoms with Crippen molar-refractivity contribution in [3.05, 3.63) is 89.9 Å². The Hall–Kier alpha value is -3.21. The maximum atomic E-state index is 12.5. The minimum Gasteiger partial charge on any atom is -0.493 e. The van der Waals surface area contributed by atoms with Crippen molar-refractivity contribution in [1.29, 1.82) is 0 Å². The molecular formula is C18H14N3O2. The van der Waals surface area contributed by atoms with Crippen molar-refractivity contribution in [1.82, 2.24) is 15.3 Å². The van der Waals surface area contributed by atoms with Gasteiger partial charge in [-0.3, -0.25) is 4.79 Å². The van der Waals surface area contributed by atoms with Crippen LogP contribution in [0.5, 0.6) is 5.88 Å². The first-order valence-electron chi connectivity index (χ1n) is 7.08. The number of benzene rings is 2. The van der Waals surface area contributed by atoms with Gasteiger partial charge in [-0.1, -0.05) is 60.7 Å². The highest BCUT2D eigenvalue weighted by Gasteiger charge is 2.20. The fraction of sp³-hybridized carbons (Fsp3) is 0.0556. The molecule has 2 N–H and O–H groups in total. The van der Waals surface area contributed by atoms with Gasteiger partial charge in [0.15, 0.2) is 0 Å². The fourth-order valence-electron chi connectivity index (χ4n) is 2.31. The third kappa shape index (κ3) is 3.35. The highest BCUT2D eigenvalue weighted by molar-refractivity contribution is 5.96. The second-order valence-corrected chi connectivity index (χ2v) is 4.94. The van der Waals surface area contributed by atoms with E-state index in [0.717, 1.165) is 11.1 Å². The lowest BCUT2D eigenvalue weighted by Gasteiger charge is -2.20. The quantitative estimate of drug-likeness (QED) is 0.776. The molecule has 3 aromatic rings.